The number of hydrogen-bond acceptors (Lipinski definition) is 3. The second kappa shape index (κ2) is 7.97. The normalized spacial score (nSPS) is 37.2. The lowest BCUT2D eigenvalue weighted by Crippen LogP contribution is -2.56. The van der Waals surface area contributed by atoms with E-state index in [9.17, 15) is 4.79 Å². The standard InChI is InChI=1S/C23H31ClN2O2/c24-20-3-1-2-15(11-20)13-26-4-5-28-21(14-26)12-22(27)25-23-18-7-16-6-17(9-18)10-19(23)8-16/h1-3,11,16-19,21,23H,4-10,12-14H2,(H,25,27). The van der Waals surface area contributed by atoms with Crippen molar-refractivity contribution in [3.8, 4) is 0 Å². The first-order chi connectivity index (χ1) is 13.6. The van der Waals surface area contributed by atoms with Crippen molar-refractivity contribution in [2.24, 2.45) is 23.7 Å². The number of benzene rings is 1. The molecule has 4 bridgehead atoms. The maximum Gasteiger partial charge on any atom is 0.222 e. The van der Waals surface area contributed by atoms with E-state index in [0.717, 1.165) is 48.3 Å². The molecule has 6 rings (SSSR count). The van der Waals surface area contributed by atoms with Crippen LogP contribution in [0.25, 0.3) is 0 Å². The van der Waals surface area contributed by atoms with Gasteiger partial charge in [0.15, 0.2) is 0 Å². The van der Waals surface area contributed by atoms with Crippen molar-refractivity contribution in [3.05, 3.63) is 34.9 Å². The van der Waals surface area contributed by atoms with Gasteiger partial charge < -0.3 is 10.1 Å². The third kappa shape index (κ3) is 4.10. The van der Waals surface area contributed by atoms with Crippen molar-refractivity contribution in [1.82, 2.24) is 10.2 Å². The molecule has 5 fully saturated rings. The zero-order chi connectivity index (χ0) is 19.1. The second-order valence-electron chi connectivity index (χ2n) is 9.59. The fraction of sp³-hybridized carbons (Fsp3) is 0.696. The minimum absolute atomic E-state index is 0.00947. The Labute approximate surface area is 173 Å². The predicted octanol–water partition coefficient (Wildman–Crippen LogP) is 3.87. The van der Waals surface area contributed by atoms with E-state index in [0.29, 0.717) is 19.1 Å². The maximum atomic E-state index is 12.8. The molecule has 0 radical (unpaired) electrons. The number of nitrogens with zero attached hydrogens (tertiary/aromatic N) is 1. The number of halogens is 1. The monoisotopic (exact) mass is 402 g/mol. The number of morpholine rings is 1. The first-order valence-corrected chi connectivity index (χ1v) is 11.4. The molecule has 1 unspecified atom stereocenters. The average molecular weight is 403 g/mol. The van der Waals surface area contributed by atoms with Gasteiger partial charge in [0.1, 0.15) is 0 Å². The first kappa shape index (κ1) is 18.9. The van der Waals surface area contributed by atoms with E-state index < -0.39 is 0 Å². The molecule has 0 spiro atoms. The first-order valence-electron chi connectivity index (χ1n) is 11.0. The molecule has 1 aliphatic heterocycles. The summed E-state index contributed by atoms with van der Waals surface area (Å²) in [5.41, 5.74) is 1.21. The van der Waals surface area contributed by atoms with Crippen LogP contribution in [-0.4, -0.2) is 42.6 Å². The molecule has 1 N–H and O–H groups in total. The summed E-state index contributed by atoms with van der Waals surface area (Å²) >= 11 is 6.11. The summed E-state index contributed by atoms with van der Waals surface area (Å²) in [4.78, 5) is 15.2. The van der Waals surface area contributed by atoms with E-state index in [1.165, 1.54) is 37.7 Å². The summed E-state index contributed by atoms with van der Waals surface area (Å²) in [6, 6.07) is 8.45. The number of ether oxygens (including phenoxy) is 1. The fourth-order valence-electron chi connectivity index (χ4n) is 6.55. The summed E-state index contributed by atoms with van der Waals surface area (Å²) in [5, 5.41) is 4.20. The van der Waals surface area contributed by atoms with Gasteiger partial charge in [0.25, 0.3) is 0 Å². The highest BCUT2D eigenvalue weighted by atomic mass is 35.5. The molecule has 152 valence electrons. The third-order valence-electron chi connectivity index (χ3n) is 7.49. The maximum absolute atomic E-state index is 12.8. The number of amides is 1. The Balaban J connectivity index is 1.13. The summed E-state index contributed by atoms with van der Waals surface area (Å²) in [5.74, 6) is 3.53. The Bertz CT molecular complexity index is 696. The van der Waals surface area contributed by atoms with E-state index in [1.807, 2.05) is 18.2 Å². The van der Waals surface area contributed by atoms with E-state index >= 15 is 0 Å². The van der Waals surface area contributed by atoms with Gasteiger partial charge in [0.2, 0.25) is 5.91 Å². The van der Waals surface area contributed by atoms with Gasteiger partial charge in [-0.15, -0.1) is 0 Å². The minimum atomic E-state index is -0.00947. The molecule has 1 heterocycles. The quantitative estimate of drug-likeness (QED) is 0.812. The van der Waals surface area contributed by atoms with Crippen LogP contribution in [0.15, 0.2) is 24.3 Å². The van der Waals surface area contributed by atoms with Gasteiger partial charge in [-0.3, -0.25) is 9.69 Å². The molecule has 1 aromatic carbocycles. The Hall–Kier alpha value is -1.10. The topological polar surface area (TPSA) is 41.6 Å². The van der Waals surface area contributed by atoms with Crippen LogP contribution < -0.4 is 5.32 Å². The van der Waals surface area contributed by atoms with E-state index in [-0.39, 0.29) is 12.0 Å². The van der Waals surface area contributed by atoms with Crippen LogP contribution >= 0.6 is 11.6 Å². The molecule has 1 amide bonds. The number of hydrogen-bond donors (Lipinski definition) is 1. The summed E-state index contributed by atoms with van der Waals surface area (Å²) in [7, 11) is 0. The summed E-state index contributed by atoms with van der Waals surface area (Å²) in [6.07, 6.45) is 7.28. The van der Waals surface area contributed by atoms with Crippen molar-refractivity contribution < 1.29 is 9.53 Å². The average Bonchev–Trinajstić information content (AvgIpc) is 2.64. The smallest absolute Gasteiger partial charge is 0.222 e. The van der Waals surface area contributed by atoms with E-state index in [4.69, 9.17) is 16.3 Å². The Morgan fingerprint density at radius 2 is 1.89 bits per heavy atom. The number of carbonyl (C=O) groups excluding carboxylic acids is 1. The van der Waals surface area contributed by atoms with Gasteiger partial charge in [0, 0.05) is 30.7 Å². The molecule has 5 aliphatic rings. The molecule has 4 nitrogen and oxygen atoms in total. The van der Waals surface area contributed by atoms with Crippen LogP contribution in [0, 0.1) is 23.7 Å². The number of nitrogens with one attached hydrogen (secondary N) is 1. The molecular formula is C23H31ClN2O2. The van der Waals surface area contributed by atoms with Crippen LogP contribution in [0.1, 0.15) is 44.1 Å². The lowest BCUT2D eigenvalue weighted by Gasteiger charge is -2.54. The Morgan fingerprint density at radius 1 is 1.14 bits per heavy atom. The van der Waals surface area contributed by atoms with Crippen molar-refractivity contribution in [2.45, 2.75) is 57.2 Å². The molecule has 1 aromatic rings. The van der Waals surface area contributed by atoms with Crippen molar-refractivity contribution in [3.63, 3.8) is 0 Å². The van der Waals surface area contributed by atoms with E-state index in [2.05, 4.69) is 16.3 Å². The second-order valence-corrected chi connectivity index (χ2v) is 10.0. The van der Waals surface area contributed by atoms with Gasteiger partial charge >= 0.3 is 0 Å². The van der Waals surface area contributed by atoms with Crippen LogP contribution in [-0.2, 0) is 16.1 Å². The highest BCUT2D eigenvalue weighted by Crippen LogP contribution is 2.53. The summed E-state index contributed by atoms with van der Waals surface area (Å²) < 4.78 is 5.92. The molecule has 4 saturated carbocycles. The number of rotatable bonds is 5. The summed E-state index contributed by atoms with van der Waals surface area (Å²) in [6.45, 7) is 3.26. The van der Waals surface area contributed by atoms with Crippen molar-refractivity contribution in [1.29, 1.82) is 0 Å². The zero-order valence-electron chi connectivity index (χ0n) is 16.5. The van der Waals surface area contributed by atoms with Gasteiger partial charge in [0.05, 0.1) is 19.1 Å². The van der Waals surface area contributed by atoms with Crippen LogP contribution in [0.2, 0.25) is 5.02 Å². The molecular weight excluding hydrogens is 372 g/mol. The van der Waals surface area contributed by atoms with E-state index in [1.54, 1.807) is 0 Å². The predicted molar refractivity (Wildman–Crippen MR) is 110 cm³/mol. The van der Waals surface area contributed by atoms with Crippen molar-refractivity contribution in [2.75, 3.05) is 19.7 Å². The Morgan fingerprint density at radius 3 is 2.61 bits per heavy atom. The molecule has 28 heavy (non-hydrogen) atoms. The molecule has 0 aromatic heterocycles. The molecule has 1 atom stereocenters. The van der Waals surface area contributed by atoms with Gasteiger partial charge in [-0.2, -0.15) is 0 Å². The Kier molecular flexibility index (Phi) is 5.38. The zero-order valence-corrected chi connectivity index (χ0v) is 17.2. The van der Waals surface area contributed by atoms with Crippen LogP contribution in [0.5, 0.6) is 0 Å². The number of carbonyl (C=O) groups is 1. The third-order valence-corrected chi connectivity index (χ3v) is 7.72. The molecule has 1 saturated heterocycles. The van der Waals surface area contributed by atoms with Crippen molar-refractivity contribution >= 4 is 17.5 Å². The van der Waals surface area contributed by atoms with Gasteiger partial charge in [-0.05, 0) is 73.5 Å². The largest absolute Gasteiger partial charge is 0.375 e. The molecule has 4 aliphatic carbocycles. The van der Waals surface area contributed by atoms with Crippen LogP contribution in [0.4, 0.5) is 0 Å². The minimum Gasteiger partial charge on any atom is -0.375 e. The lowest BCUT2D eigenvalue weighted by atomic mass is 9.54. The molecule has 5 heteroatoms. The highest BCUT2D eigenvalue weighted by molar-refractivity contribution is 6.30. The fourth-order valence-corrected chi connectivity index (χ4v) is 6.77. The van der Waals surface area contributed by atoms with Crippen LogP contribution in [0.3, 0.4) is 0 Å². The lowest BCUT2D eigenvalue weighted by molar-refractivity contribution is -0.130. The van der Waals surface area contributed by atoms with Gasteiger partial charge in [-0.25, -0.2) is 0 Å². The van der Waals surface area contributed by atoms with Gasteiger partial charge in [-0.1, -0.05) is 23.7 Å². The SMILES string of the molecule is O=C(CC1CN(Cc2cccc(Cl)c2)CCO1)NC1C2CC3CC(C2)CC1C3. The highest BCUT2D eigenvalue weighted by Gasteiger charge is 2.48.